The number of benzene rings is 1. The Morgan fingerprint density at radius 3 is 3.00 bits per heavy atom. The largest absolute Gasteiger partial charge is 0.398 e. The first-order chi connectivity index (χ1) is 8.27. The molecule has 3 N–H and O–H groups in total. The number of nitrogen functional groups attached to an aromatic ring is 1. The van der Waals surface area contributed by atoms with Crippen LogP contribution in [0.15, 0.2) is 24.3 Å². The van der Waals surface area contributed by atoms with E-state index in [0.717, 1.165) is 25.2 Å². The second-order valence-corrected chi connectivity index (χ2v) is 4.41. The van der Waals surface area contributed by atoms with Gasteiger partial charge in [0.1, 0.15) is 6.10 Å². The minimum absolute atomic E-state index is 0.282. The van der Waals surface area contributed by atoms with Crippen molar-refractivity contribution in [2.24, 2.45) is 5.92 Å². The lowest BCUT2D eigenvalue weighted by atomic mass is 10.1. The fourth-order valence-corrected chi connectivity index (χ4v) is 1.97. The number of para-hydroxylation sites is 1. The number of aliphatic hydroxyl groups excluding tert-OH is 1. The monoisotopic (exact) mass is 237 g/mol. The molecule has 1 heterocycles. The SMILES string of the molecule is Nc1ccccc1C(O)COCC1CCOC1. The molecular formula is C13H19NO3. The van der Waals surface area contributed by atoms with Crippen molar-refractivity contribution in [2.75, 3.05) is 32.2 Å². The summed E-state index contributed by atoms with van der Waals surface area (Å²) in [5.41, 5.74) is 7.12. The normalized spacial score (nSPS) is 21.6. The quantitative estimate of drug-likeness (QED) is 0.759. The lowest BCUT2D eigenvalue weighted by Gasteiger charge is -2.15. The fraction of sp³-hybridized carbons (Fsp3) is 0.538. The third-order valence-corrected chi connectivity index (χ3v) is 3.01. The summed E-state index contributed by atoms with van der Waals surface area (Å²) in [5, 5.41) is 9.94. The lowest BCUT2D eigenvalue weighted by molar-refractivity contribution is 0.0188. The smallest absolute Gasteiger partial charge is 0.104 e. The van der Waals surface area contributed by atoms with Gasteiger partial charge in [-0.05, 0) is 12.5 Å². The van der Waals surface area contributed by atoms with Gasteiger partial charge in [0, 0.05) is 23.8 Å². The minimum Gasteiger partial charge on any atom is -0.398 e. The highest BCUT2D eigenvalue weighted by Crippen LogP contribution is 2.20. The molecule has 4 heteroatoms. The van der Waals surface area contributed by atoms with E-state index in [9.17, 15) is 5.11 Å². The molecule has 1 aromatic rings. The Morgan fingerprint density at radius 1 is 1.47 bits per heavy atom. The van der Waals surface area contributed by atoms with E-state index < -0.39 is 6.10 Å². The Morgan fingerprint density at radius 2 is 2.29 bits per heavy atom. The molecule has 0 aliphatic carbocycles. The Bertz CT molecular complexity index is 350. The first-order valence-electron chi connectivity index (χ1n) is 5.95. The maximum Gasteiger partial charge on any atom is 0.104 e. The summed E-state index contributed by atoms with van der Waals surface area (Å²) >= 11 is 0. The molecule has 0 radical (unpaired) electrons. The van der Waals surface area contributed by atoms with Crippen molar-refractivity contribution < 1.29 is 14.6 Å². The summed E-state index contributed by atoms with van der Waals surface area (Å²) in [4.78, 5) is 0. The summed E-state index contributed by atoms with van der Waals surface area (Å²) in [6.07, 6.45) is 0.391. The van der Waals surface area contributed by atoms with Crippen molar-refractivity contribution >= 4 is 5.69 Å². The zero-order valence-corrected chi connectivity index (χ0v) is 9.84. The summed E-state index contributed by atoms with van der Waals surface area (Å²) in [6, 6.07) is 7.31. The Balaban J connectivity index is 1.77. The summed E-state index contributed by atoms with van der Waals surface area (Å²) in [6.45, 7) is 2.51. The molecule has 0 spiro atoms. The van der Waals surface area contributed by atoms with E-state index in [1.165, 1.54) is 0 Å². The molecule has 2 atom stereocenters. The van der Waals surface area contributed by atoms with Crippen LogP contribution in [0.25, 0.3) is 0 Å². The third-order valence-electron chi connectivity index (χ3n) is 3.01. The van der Waals surface area contributed by atoms with Crippen molar-refractivity contribution in [3.8, 4) is 0 Å². The van der Waals surface area contributed by atoms with Gasteiger partial charge in [-0.25, -0.2) is 0 Å². The first-order valence-corrected chi connectivity index (χ1v) is 5.95. The molecule has 4 nitrogen and oxygen atoms in total. The van der Waals surface area contributed by atoms with E-state index >= 15 is 0 Å². The number of rotatable bonds is 5. The van der Waals surface area contributed by atoms with Gasteiger partial charge in [-0.1, -0.05) is 18.2 Å². The number of hydrogen-bond donors (Lipinski definition) is 2. The number of nitrogens with two attached hydrogens (primary N) is 1. The predicted molar refractivity (Wildman–Crippen MR) is 65.6 cm³/mol. The van der Waals surface area contributed by atoms with E-state index in [1.54, 1.807) is 6.07 Å². The number of aliphatic hydroxyl groups is 1. The Hall–Kier alpha value is -1.10. The highest BCUT2D eigenvalue weighted by Gasteiger charge is 2.17. The number of hydrogen-bond acceptors (Lipinski definition) is 4. The zero-order valence-electron chi connectivity index (χ0n) is 9.84. The van der Waals surface area contributed by atoms with Crippen LogP contribution >= 0.6 is 0 Å². The molecule has 2 unspecified atom stereocenters. The zero-order chi connectivity index (χ0) is 12.1. The van der Waals surface area contributed by atoms with Crippen LogP contribution in [0.1, 0.15) is 18.1 Å². The van der Waals surface area contributed by atoms with Gasteiger partial charge in [0.25, 0.3) is 0 Å². The second kappa shape index (κ2) is 6.00. The molecule has 1 aliphatic heterocycles. The van der Waals surface area contributed by atoms with Crippen LogP contribution in [0.2, 0.25) is 0 Å². The summed E-state index contributed by atoms with van der Waals surface area (Å²) in [7, 11) is 0. The molecule has 0 aromatic heterocycles. The van der Waals surface area contributed by atoms with Gasteiger partial charge in [-0.3, -0.25) is 0 Å². The van der Waals surface area contributed by atoms with E-state index in [4.69, 9.17) is 15.2 Å². The average Bonchev–Trinajstić information content (AvgIpc) is 2.82. The number of anilines is 1. The van der Waals surface area contributed by atoms with Crippen LogP contribution < -0.4 is 5.73 Å². The maximum absolute atomic E-state index is 9.94. The molecule has 94 valence electrons. The van der Waals surface area contributed by atoms with Crippen molar-refractivity contribution in [2.45, 2.75) is 12.5 Å². The molecule has 17 heavy (non-hydrogen) atoms. The lowest BCUT2D eigenvalue weighted by Crippen LogP contribution is -2.14. The topological polar surface area (TPSA) is 64.7 Å². The highest BCUT2D eigenvalue weighted by molar-refractivity contribution is 5.47. The second-order valence-electron chi connectivity index (χ2n) is 4.41. The average molecular weight is 237 g/mol. The molecule has 1 fully saturated rings. The van der Waals surface area contributed by atoms with E-state index in [0.29, 0.717) is 18.2 Å². The van der Waals surface area contributed by atoms with Crippen LogP contribution in [-0.2, 0) is 9.47 Å². The molecule has 1 aliphatic rings. The van der Waals surface area contributed by atoms with Gasteiger partial charge in [0.05, 0.1) is 19.8 Å². The van der Waals surface area contributed by atoms with Crippen molar-refractivity contribution in [3.63, 3.8) is 0 Å². The molecule has 0 amide bonds. The van der Waals surface area contributed by atoms with E-state index in [2.05, 4.69) is 0 Å². The number of ether oxygens (including phenoxy) is 2. The van der Waals surface area contributed by atoms with Crippen LogP contribution in [0.3, 0.4) is 0 Å². The summed E-state index contributed by atoms with van der Waals surface area (Å²) < 4.78 is 10.8. The van der Waals surface area contributed by atoms with Crippen LogP contribution in [-0.4, -0.2) is 31.5 Å². The van der Waals surface area contributed by atoms with Crippen LogP contribution in [0.5, 0.6) is 0 Å². The maximum atomic E-state index is 9.94. The predicted octanol–water partition coefficient (Wildman–Crippen LogP) is 1.36. The van der Waals surface area contributed by atoms with Gasteiger partial charge in [-0.2, -0.15) is 0 Å². The minimum atomic E-state index is -0.654. The van der Waals surface area contributed by atoms with E-state index in [-0.39, 0.29) is 6.61 Å². The molecule has 2 rings (SSSR count). The van der Waals surface area contributed by atoms with Crippen LogP contribution in [0.4, 0.5) is 5.69 Å². The van der Waals surface area contributed by atoms with Gasteiger partial charge in [0.2, 0.25) is 0 Å². The molecule has 1 saturated heterocycles. The van der Waals surface area contributed by atoms with Gasteiger partial charge in [0.15, 0.2) is 0 Å². The van der Waals surface area contributed by atoms with Crippen molar-refractivity contribution in [1.82, 2.24) is 0 Å². The first kappa shape index (κ1) is 12.4. The molecule has 1 aromatic carbocycles. The van der Waals surface area contributed by atoms with E-state index in [1.807, 2.05) is 18.2 Å². The fourth-order valence-electron chi connectivity index (χ4n) is 1.97. The Kier molecular flexibility index (Phi) is 4.36. The van der Waals surface area contributed by atoms with Gasteiger partial charge >= 0.3 is 0 Å². The highest BCUT2D eigenvalue weighted by atomic mass is 16.5. The molecule has 0 bridgehead atoms. The van der Waals surface area contributed by atoms with Crippen molar-refractivity contribution in [1.29, 1.82) is 0 Å². The molecular weight excluding hydrogens is 218 g/mol. The van der Waals surface area contributed by atoms with Gasteiger partial charge < -0.3 is 20.3 Å². The van der Waals surface area contributed by atoms with Crippen LogP contribution in [0, 0.1) is 5.92 Å². The third kappa shape index (κ3) is 3.43. The summed E-state index contributed by atoms with van der Waals surface area (Å²) in [5.74, 6) is 0.468. The van der Waals surface area contributed by atoms with Crippen molar-refractivity contribution in [3.05, 3.63) is 29.8 Å². The molecule has 0 saturated carbocycles. The Labute approximate surface area is 101 Å². The van der Waals surface area contributed by atoms with Gasteiger partial charge in [-0.15, -0.1) is 0 Å². The standard InChI is InChI=1S/C13H19NO3/c14-12-4-2-1-3-11(12)13(15)9-17-8-10-5-6-16-7-10/h1-4,10,13,15H,5-9,14H2.